The minimum absolute atomic E-state index is 0.233. The second-order valence-electron chi connectivity index (χ2n) is 5.89. The van der Waals surface area contributed by atoms with Gasteiger partial charge in [0.15, 0.2) is 11.5 Å². The third kappa shape index (κ3) is 4.32. The quantitative estimate of drug-likeness (QED) is 0.868. The van der Waals surface area contributed by atoms with Gasteiger partial charge in [-0.3, -0.25) is 0 Å². The molecule has 0 radical (unpaired) electrons. The van der Waals surface area contributed by atoms with E-state index in [-0.39, 0.29) is 6.03 Å². The maximum Gasteiger partial charge on any atom is 0.315 e. The van der Waals surface area contributed by atoms with Crippen LogP contribution in [0.1, 0.15) is 11.1 Å². The van der Waals surface area contributed by atoms with E-state index >= 15 is 0 Å². The van der Waals surface area contributed by atoms with E-state index in [1.807, 2.05) is 49.3 Å². The molecule has 0 bridgehead atoms. The van der Waals surface area contributed by atoms with Gasteiger partial charge in [-0.2, -0.15) is 0 Å². The largest absolute Gasteiger partial charge is 0.486 e. The summed E-state index contributed by atoms with van der Waals surface area (Å²) in [6.45, 7) is 1.93. The van der Waals surface area contributed by atoms with Gasteiger partial charge < -0.3 is 25.0 Å². The maximum absolute atomic E-state index is 12.0. The second kappa shape index (κ2) is 7.74. The monoisotopic (exact) mass is 342 g/mol. The standard InChI is InChI=1S/C18H22N4O3/c1-22(2)17-14(4-3-7-19-17)12-21-18(23)20-11-13-5-6-15-16(10-13)25-9-8-24-15/h3-7,10H,8-9,11-12H2,1-2H3,(H2,20,21,23). The summed E-state index contributed by atoms with van der Waals surface area (Å²) < 4.78 is 11.0. The molecular weight excluding hydrogens is 320 g/mol. The number of nitrogens with zero attached hydrogens (tertiary/aromatic N) is 2. The minimum Gasteiger partial charge on any atom is -0.486 e. The van der Waals surface area contributed by atoms with E-state index in [4.69, 9.17) is 9.47 Å². The second-order valence-corrected chi connectivity index (χ2v) is 5.89. The molecule has 2 amide bonds. The van der Waals surface area contributed by atoms with Gasteiger partial charge in [0.25, 0.3) is 0 Å². The van der Waals surface area contributed by atoms with E-state index < -0.39 is 0 Å². The molecule has 1 aliphatic heterocycles. The summed E-state index contributed by atoms with van der Waals surface area (Å²) in [4.78, 5) is 18.3. The van der Waals surface area contributed by atoms with Crippen molar-refractivity contribution in [2.45, 2.75) is 13.1 Å². The van der Waals surface area contributed by atoms with E-state index in [1.54, 1.807) is 6.20 Å². The first kappa shape index (κ1) is 16.9. The Kier molecular flexibility index (Phi) is 5.23. The van der Waals surface area contributed by atoms with Crippen LogP contribution in [0.2, 0.25) is 0 Å². The molecule has 1 aromatic carbocycles. The van der Waals surface area contributed by atoms with Crippen LogP contribution in [-0.4, -0.2) is 38.3 Å². The number of amides is 2. The zero-order valence-electron chi connectivity index (χ0n) is 14.4. The van der Waals surface area contributed by atoms with Crippen LogP contribution >= 0.6 is 0 Å². The molecule has 0 fully saturated rings. The summed E-state index contributed by atoms with van der Waals surface area (Å²) in [6, 6.07) is 9.24. The van der Waals surface area contributed by atoms with Crippen LogP contribution in [0, 0.1) is 0 Å². The molecule has 0 spiro atoms. The van der Waals surface area contributed by atoms with Gasteiger partial charge in [0, 0.05) is 38.9 Å². The van der Waals surface area contributed by atoms with Crippen LogP contribution in [0.5, 0.6) is 11.5 Å². The summed E-state index contributed by atoms with van der Waals surface area (Å²) in [5.41, 5.74) is 1.91. The Labute approximate surface area is 147 Å². The van der Waals surface area contributed by atoms with Crippen LogP contribution in [0.3, 0.4) is 0 Å². The Morgan fingerprint density at radius 1 is 1.12 bits per heavy atom. The fourth-order valence-electron chi connectivity index (χ4n) is 2.59. The van der Waals surface area contributed by atoms with Gasteiger partial charge in [-0.05, 0) is 23.8 Å². The van der Waals surface area contributed by atoms with Crippen molar-refractivity contribution in [1.82, 2.24) is 15.6 Å². The first-order valence-corrected chi connectivity index (χ1v) is 8.15. The van der Waals surface area contributed by atoms with Crippen molar-refractivity contribution in [2.75, 3.05) is 32.2 Å². The highest BCUT2D eigenvalue weighted by atomic mass is 16.6. The fraction of sp³-hybridized carbons (Fsp3) is 0.333. The Morgan fingerprint density at radius 3 is 2.68 bits per heavy atom. The number of hydrogen-bond acceptors (Lipinski definition) is 5. The molecule has 2 heterocycles. The van der Waals surface area contributed by atoms with Gasteiger partial charge in [-0.15, -0.1) is 0 Å². The van der Waals surface area contributed by atoms with Crippen molar-refractivity contribution >= 4 is 11.8 Å². The minimum atomic E-state index is -0.233. The van der Waals surface area contributed by atoms with E-state index in [2.05, 4.69) is 15.6 Å². The van der Waals surface area contributed by atoms with E-state index in [1.165, 1.54) is 0 Å². The number of hydrogen-bond donors (Lipinski definition) is 2. The molecule has 7 nitrogen and oxygen atoms in total. The van der Waals surface area contributed by atoms with E-state index in [0.29, 0.717) is 26.3 Å². The Balaban J connectivity index is 1.52. The van der Waals surface area contributed by atoms with Crippen LogP contribution < -0.4 is 25.0 Å². The molecule has 0 aliphatic carbocycles. The lowest BCUT2D eigenvalue weighted by molar-refractivity contribution is 0.171. The molecule has 1 aliphatic rings. The first-order chi connectivity index (χ1) is 12.1. The lowest BCUT2D eigenvalue weighted by Crippen LogP contribution is -2.35. The van der Waals surface area contributed by atoms with Gasteiger partial charge in [0.2, 0.25) is 0 Å². The lowest BCUT2D eigenvalue weighted by Gasteiger charge is -2.19. The average Bonchev–Trinajstić information content (AvgIpc) is 2.64. The number of aromatic nitrogens is 1. The molecule has 3 rings (SSSR count). The maximum atomic E-state index is 12.0. The van der Waals surface area contributed by atoms with Crippen molar-refractivity contribution in [3.05, 3.63) is 47.7 Å². The molecule has 7 heteroatoms. The number of fused-ring (bicyclic) bond motifs is 1. The summed E-state index contributed by atoms with van der Waals surface area (Å²) in [7, 11) is 3.85. The summed E-state index contributed by atoms with van der Waals surface area (Å²) in [5, 5.41) is 5.70. The normalized spacial score (nSPS) is 12.4. The fourth-order valence-corrected chi connectivity index (χ4v) is 2.59. The average molecular weight is 342 g/mol. The van der Waals surface area contributed by atoms with Gasteiger partial charge in [0.1, 0.15) is 19.0 Å². The molecule has 0 unspecified atom stereocenters. The molecule has 2 N–H and O–H groups in total. The number of benzene rings is 1. The zero-order valence-corrected chi connectivity index (χ0v) is 14.4. The van der Waals surface area contributed by atoms with E-state index in [0.717, 1.165) is 28.4 Å². The number of urea groups is 1. The van der Waals surface area contributed by atoms with Gasteiger partial charge in [0.05, 0.1) is 0 Å². The molecule has 2 aromatic rings. The summed E-state index contributed by atoms with van der Waals surface area (Å²) in [6.07, 6.45) is 1.74. The number of ether oxygens (including phenoxy) is 2. The smallest absolute Gasteiger partial charge is 0.315 e. The van der Waals surface area contributed by atoms with Crippen LogP contribution in [-0.2, 0) is 13.1 Å². The van der Waals surface area contributed by atoms with Crippen molar-refractivity contribution < 1.29 is 14.3 Å². The first-order valence-electron chi connectivity index (χ1n) is 8.15. The predicted molar refractivity (Wildman–Crippen MR) is 95.1 cm³/mol. The summed E-state index contributed by atoms with van der Waals surface area (Å²) in [5.74, 6) is 2.30. The number of nitrogens with one attached hydrogen (secondary N) is 2. The molecule has 25 heavy (non-hydrogen) atoms. The molecule has 1 aromatic heterocycles. The number of pyridine rings is 1. The number of rotatable bonds is 5. The van der Waals surface area contributed by atoms with Crippen molar-refractivity contribution in [3.63, 3.8) is 0 Å². The topological polar surface area (TPSA) is 75.7 Å². The van der Waals surface area contributed by atoms with Crippen molar-refractivity contribution in [1.29, 1.82) is 0 Å². The number of carbonyl (C=O) groups excluding carboxylic acids is 1. The Hall–Kier alpha value is -2.96. The predicted octanol–water partition coefficient (Wildman–Crippen LogP) is 1.92. The third-order valence-corrected chi connectivity index (χ3v) is 3.79. The number of carbonyl (C=O) groups is 1. The van der Waals surface area contributed by atoms with Crippen molar-refractivity contribution in [2.24, 2.45) is 0 Å². The highest BCUT2D eigenvalue weighted by Crippen LogP contribution is 2.30. The number of anilines is 1. The third-order valence-electron chi connectivity index (χ3n) is 3.79. The van der Waals surface area contributed by atoms with Gasteiger partial charge in [-0.1, -0.05) is 12.1 Å². The molecule has 0 saturated carbocycles. The van der Waals surface area contributed by atoms with Gasteiger partial charge in [-0.25, -0.2) is 9.78 Å². The molecule has 0 saturated heterocycles. The Morgan fingerprint density at radius 2 is 1.88 bits per heavy atom. The van der Waals surface area contributed by atoms with E-state index in [9.17, 15) is 4.79 Å². The highest BCUT2D eigenvalue weighted by Gasteiger charge is 2.12. The molecule has 132 valence electrons. The van der Waals surface area contributed by atoms with Gasteiger partial charge >= 0.3 is 6.03 Å². The summed E-state index contributed by atoms with van der Waals surface area (Å²) >= 11 is 0. The van der Waals surface area contributed by atoms with Crippen LogP contribution in [0.4, 0.5) is 10.6 Å². The SMILES string of the molecule is CN(C)c1ncccc1CNC(=O)NCc1ccc2c(c1)OCCO2. The molecule has 0 atom stereocenters. The Bertz CT molecular complexity index is 749. The highest BCUT2D eigenvalue weighted by molar-refractivity contribution is 5.74. The van der Waals surface area contributed by atoms with Crippen molar-refractivity contribution in [3.8, 4) is 11.5 Å². The lowest BCUT2D eigenvalue weighted by atomic mass is 10.2. The zero-order chi connectivity index (χ0) is 17.6. The molecular formula is C18H22N4O3. The van der Waals surface area contributed by atoms with Crippen LogP contribution in [0.15, 0.2) is 36.5 Å². The van der Waals surface area contributed by atoms with Crippen LogP contribution in [0.25, 0.3) is 0 Å².